The van der Waals surface area contributed by atoms with Crippen molar-refractivity contribution in [2.45, 2.75) is 111 Å². The summed E-state index contributed by atoms with van der Waals surface area (Å²) in [7, 11) is 0. The third kappa shape index (κ3) is 6.19. The van der Waals surface area contributed by atoms with Crippen LogP contribution < -0.4 is 0 Å². The number of fused-ring (bicyclic) bond motifs is 1. The van der Waals surface area contributed by atoms with E-state index in [9.17, 15) is 4.79 Å². The molecule has 0 spiro atoms. The Labute approximate surface area is 151 Å². The number of carbonyl (C=O) groups is 1. The molecule has 2 saturated carbocycles. The molecule has 5 unspecified atom stereocenters. The van der Waals surface area contributed by atoms with Gasteiger partial charge in [-0.1, -0.05) is 78.6 Å². The molecule has 0 amide bonds. The second-order valence-electron chi connectivity index (χ2n) is 9.12. The van der Waals surface area contributed by atoms with Crippen molar-refractivity contribution in [3.05, 3.63) is 0 Å². The lowest BCUT2D eigenvalue weighted by Crippen LogP contribution is -2.31. The van der Waals surface area contributed by atoms with Gasteiger partial charge in [0.1, 0.15) is 5.78 Å². The Bertz CT molecular complexity index is 361. The molecule has 0 bridgehead atoms. The van der Waals surface area contributed by atoms with Gasteiger partial charge in [-0.15, -0.1) is 0 Å². The van der Waals surface area contributed by atoms with Gasteiger partial charge in [-0.3, -0.25) is 4.79 Å². The minimum Gasteiger partial charge on any atom is -0.299 e. The zero-order chi connectivity index (χ0) is 17.4. The maximum absolute atomic E-state index is 12.6. The summed E-state index contributed by atoms with van der Waals surface area (Å²) in [4.78, 5) is 12.6. The van der Waals surface area contributed by atoms with E-state index >= 15 is 0 Å². The van der Waals surface area contributed by atoms with Crippen LogP contribution in [0.1, 0.15) is 111 Å². The standard InChI is InChI=1S/C23H42O/c1-4-5-10-18(2)19(3)11-6-9-14-23(24)22-16-15-20-12-7-8-13-21(20)17-22/h18-22H,4-17H2,1-3H3. The molecule has 140 valence electrons. The number of hydrogen-bond donors (Lipinski definition) is 0. The summed E-state index contributed by atoms with van der Waals surface area (Å²) in [6.07, 6.45) is 18.1. The fraction of sp³-hybridized carbons (Fsp3) is 0.957. The van der Waals surface area contributed by atoms with Crippen molar-refractivity contribution in [3.63, 3.8) is 0 Å². The number of unbranched alkanes of at least 4 members (excludes halogenated alkanes) is 2. The number of rotatable bonds is 10. The lowest BCUT2D eigenvalue weighted by molar-refractivity contribution is -0.125. The second-order valence-corrected chi connectivity index (χ2v) is 9.12. The van der Waals surface area contributed by atoms with Crippen molar-refractivity contribution in [2.75, 3.05) is 0 Å². The SMILES string of the molecule is CCCCC(C)C(C)CCCCC(=O)C1CCC2CCCCC2C1. The van der Waals surface area contributed by atoms with Crippen LogP contribution in [0, 0.1) is 29.6 Å². The molecule has 1 nitrogen and oxygen atoms in total. The lowest BCUT2D eigenvalue weighted by atomic mass is 9.66. The molecule has 2 aliphatic carbocycles. The number of Topliss-reactive ketones (excluding diaryl/α,β-unsaturated/α-hetero) is 1. The molecule has 0 aliphatic heterocycles. The molecule has 0 saturated heterocycles. The first-order valence-corrected chi connectivity index (χ1v) is 11.1. The Hall–Kier alpha value is -0.330. The van der Waals surface area contributed by atoms with Crippen molar-refractivity contribution in [1.29, 1.82) is 0 Å². The van der Waals surface area contributed by atoms with Crippen molar-refractivity contribution >= 4 is 5.78 Å². The highest BCUT2D eigenvalue weighted by Crippen LogP contribution is 2.43. The fourth-order valence-electron chi connectivity index (χ4n) is 5.23. The van der Waals surface area contributed by atoms with Crippen LogP contribution in [-0.4, -0.2) is 5.78 Å². The topological polar surface area (TPSA) is 17.1 Å². The van der Waals surface area contributed by atoms with Gasteiger partial charge in [0.15, 0.2) is 0 Å². The monoisotopic (exact) mass is 334 g/mol. The molecule has 24 heavy (non-hydrogen) atoms. The maximum atomic E-state index is 12.6. The van der Waals surface area contributed by atoms with E-state index < -0.39 is 0 Å². The number of carbonyl (C=O) groups excluding carboxylic acids is 1. The van der Waals surface area contributed by atoms with Gasteiger partial charge >= 0.3 is 0 Å². The van der Waals surface area contributed by atoms with E-state index in [1.165, 1.54) is 77.0 Å². The number of ketones is 1. The maximum Gasteiger partial charge on any atom is 0.135 e. The first kappa shape index (κ1) is 20.0. The Morgan fingerprint density at radius 1 is 0.875 bits per heavy atom. The van der Waals surface area contributed by atoms with Crippen LogP contribution in [0.5, 0.6) is 0 Å². The van der Waals surface area contributed by atoms with E-state index in [2.05, 4.69) is 20.8 Å². The van der Waals surface area contributed by atoms with Crippen LogP contribution >= 0.6 is 0 Å². The smallest absolute Gasteiger partial charge is 0.135 e. The molecule has 2 fully saturated rings. The molecular weight excluding hydrogens is 292 g/mol. The predicted molar refractivity (Wildman–Crippen MR) is 104 cm³/mol. The van der Waals surface area contributed by atoms with Gasteiger partial charge in [-0.2, -0.15) is 0 Å². The molecule has 0 N–H and O–H groups in total. The average molecular weight is 335 g/mol. The van der Waals surface area contributed by atoms with Gasteiger partial charge in [-0.05, 0) is 49.4 Å². The van der Waals surface area contributed by atoms with E-state index in [0.29, 0.717) is 11.7 Å². The summed E-state index contributed by atoms with van der Waals surface area (Å²) in [6, 6.07) is 0. The Balaban J connectivity index is 1.59. The van der Waals surface area contributed by atoms with Crippen LogP contribution in [0.15, 0.2) is 0 Å². The molecule has 0 heterocycles. The normalized spacial score (nSPS) is 29.7. The number of hydrogen-bond acceptors (Lipinski definition) is 1. The van der Waals surface area contributed by atoms with Crippen LogP contribution in [0.3, 0.4) is 0 Å². The minimum absolute atomic E-state index is 0.422. The molecule has 0 aromatic carbocycles. The molecule has 0 aromatic heterocycles. The third-order valence-electron chi connectivity index (χ3n) is 7.31. The van der Waals surface area contributed by atoms with Gasteiger partial charge in [-0.25, -0.2) is 0 Å². The minimum atomic E-state index is 0.422. The first-order valence-electron chi connectivity index (χ1n) is 11.1. The van der Waals surface area contributed by atoms with E-state index in [-0.39, 0.29) is 0 Å². The van der Waals surface area contributed by atoms with Crippen LogP contribution in [0.25, 0.3) is 0 Å². The van der Waals surface area contributed by atoms with Crippen LogP contribution in [0.2, 0.25) is 0 Å². The molecule has 0 radical (unpaired) electrons. The summed E-state index contributed by atoms with van der Waals surface area (Å²) in [6.45, 7) is 7.10. The summed E-state index contributed by atoms with van der Waals surface area (Å²) in [5, 5.41) is 0. The summed E-state index contributed by atoms with van der Waals surface area (Å²) >= 11 is 0. The zero-order valence-corrected chi connectivity index (χ0v) is 16.7. The van der Waals surface area contributed by atoms with Crippen LogP contribution in [0.4, 0.5) is 0 Å². The molecule has 2 aliphatic rings. The van der Waals surface area contributed by atoms with Gasteiger partial charge in [0.2, 0.25) is 0 Å². The van der Waals surface area contributed by atoms with Crippen LogP contribution in [-0.2, 0) is 4.79 Å². The lowest BCUT2D eigenvalue weighted by Gasteiger charge is -2.38. The van der Waals surface area contributed by atoms with Gasteiger partial charge in [0, 0.05) is 12.3 Å². The molecular formula is C23H42O. The van der Waals surface area contributed by atoms with Gasteiger partial charge in [0.25, 0.3) is 0 Å². The van der Waals surface area contributed by atoms with Crippen molar-refractivity contribution in [3.8, 4) is 0 Å². The molecule has 2 rings (SSSR count). The quantitative estimate of drug-likeness (QED) is 0.386. The van der Waals surface area contributed by atoms with E-state index in [1.54, 1.807) is 0 Å². The Morgan fingerprint density at radius 3 is 2.25 bits per heavy atom. The highest BCUT2D eigenvalue weighted by atomic mass is 16.1. The predicted octanol–water partition coefficient (Wildman–Crippen LogP) is 7.18. The Morgan fingerprint density at radius 2 is 1.54 bits per heavy atom. The molecule has 5 atom stereocenters. The largest absolute Gasteiger partial charge is 0.299 e. The van der Waals surface area contributed by atoms with Crippen molar-refractivity contribution < 1.29 is 4.79 Å². The molecule has 0 aromatic rings. The Kier molecular flexibility index (Phi) is 8.84. The van der Waals surface area contributed by atoms with E-state index in [1.807, 2.05) is 0 Å². The average Bonchev–Trinajstić information content (AvgIpc) is 2.62. The highest BCUT2D eigenvalue weighted by Gasteiger charge is 2.34. The zero-order valence-electron chi connectivity index (χ0n) is 16.7. The summed E-state index contributed by atoms with van der Waals surface area (Å²) in [5.74, 6) is 4.55. The highest BCUT2D eigenvalue weighted by molar-refractivity contribution is 5.81. The van der Waals surface area contributed by atoms with Gasteiger partial charge < -0.3 is 0 Å². The fourth-order valence-corrected chi connectivity index (χ4v) is 5.23. The third-order valence-corrected chi connectivity index (χ3v) is 7.31. The summed E-state index contributed by atoms with van der Waals surface area (Å²) in [5.41, 5.74) is 0. The van der Waals surface area contributed by atoms with Crippen molar-refractivity contribution in [1.82, 2.24) is 0 Å². The second kappa shape index (κ2) is 10.6. The van der Waals surface area contributed by atoms with E-state index in [0.717, 1.165) is 36.5 Å². The summed E-state index contributed by atoms with van der Waals surface area (Å²) < 4.78 is 0. The molecule has 1 heteroatoms. The van der Waals surface area contributed by atoms with Crippen molar-refractivity contribution in [2.24, 2.45) is 29.6 Å². The van der Waals surface area contributed by atoms with Gasteiger partial charge in [0.05, 0.1) is 0 Å². The first-order chi connectivity index (χ1) is 11.6. The van der Waals surface area contributed by atoms with E-state index in [4.69, 9.17) is 0 Å².